The van der Waals surface area contributed by atoms with E-state index >= 15 is 0 Å². The summed E-state index contributed by atoms with van der Waals surface area (Å²) in [5.41, 5.74) is 2.78. The van der Waals surface area contributed by atoms with Gasteiger partial charge in [0, 0.05) is 23.0 Å². The highest BCUT2D eigenvalue weighted by atomic mass is 32.1. The molecule has 5 nitrogen and oxygen atoms in total. The van der Waals surface area contributed by atoms with Crippen molar-refractivity contribution in [2.75, 3.05) is 13.7 Å². The van der Waals surface area contributed by atoms with Gasteiger partial charge in [0.05, 0.1) is 13.7 Å². The van der Waals surface area contributed by atoms with Crippen LogP contribution in [0.2, 0.25) is 0 Å². The standard InChI is InChI=1S/C26H30N2O3S/c1-19(2)28(26(30)22-10-12-23(31-4)13-11-22)18-25(29)27(16-21-8-6-5-7-9-21)17-24-20(3)14-15-32-24/h5-15,19H,16-18H2,1-4H3. The van der Waals surface area contributed by atoms with Crippen LogP contribution in [0.5, 0.6) is 5.75 Å². The van der Waals surface area contributed by atoms with E-state index in [9.17, 15) is 9.59 Å². The van der Waals surface area contributed by atoms with Crippen LogP contribution in [0.25, 0.3) is 0 Å². The molecule has 0 saturated carbocycles. The Hall–Kier alpha value is -3.12. The van der Waals surface area contributed by atoms with Crippen molar-refractivity contribution in [3.05, 3.63) is 87.6 Å². The van der Waals surface area contributed by atoms with Gasteiger partial charge >= 0.3 is 0 Å². The molecule has 168 valence electrons. The van der Waals surface area contributed by atoms with Crippen LogP contribution in [-0.4, -0.2) is 41.3 Å². The van der Waals surface area contributed by atoms with Crippen LogP contribution in [0, 0.1) is 6.92 Å². The zero-order valence-corrected chi connectivity index (χ0v) is 19.9. The van der Waals surface area contributed by atoms with E-state index in [-0.39, 0.29) is 24.4 Å². The van der Waals surface area contributed by atoms with Crippen molar-refractivity contribution in [2.24, 2.45) is 0 Å². The predicted molar refractivity (Wildman–Crippen MR) is 129 cm³/mol. The van der Waals surface area contributed by atoms with E-state index < -0.39 is 0 Å². The van der Waals surface area contributed by atoms with Gasteiger partial charge in [-0.3, -0.25) is 9.59 Å². The number of thiophene rings is 1. The van der Waals surface area contributed by atoms with Crippen LogP contribution >= 0.6 is 11.3 Å². The SMILES string of the molecule is COc1ccc(C(=O)N(CC(=O)N(Cc2ccccc2)Cc2sccc2C)C(C)C)cc1. The van der Waals surface area contributed by atoms with E-state index in [4.69, 9.17) is 4.74 Å². The Morgan fingerprint density at radius 3 is 2.22 bits per heavy atom. The van der Waals surface area contributed by atoms with Gasteiger partial charge in [0.25, 0.3) is 5.91 Å². The summed E-state index contributed by atoms with van der Waals surface area (Å²) in [6, 6.07) is 18.9. The Morgan fingerprint density at radius 2 is 1.66 bits per heavy atom. The van der Waals surface area contributed by atoms with E-state index in [0.717, 1.165) is 10.4 Å². The molecular weight excluding hydrogens is 420 g/mol. The van der Waals surface area contributed by atoms with Gasteiger partial charge in [-0.25, -0.2) is 0 Å². The van der Waals surface area contributed by atoms with Crippen molar-refractivity contribution < 1.29 is 14.3 Å². The highest BCUT2D eigenvalue weighted by Gasteiger charge is 2.25. The third-order valence-corrected chi connectivity index (χ3v) is 6.41. The summed E-state index contributed by atoms with van der Waals surface area (Å²) in [7, 11) is 1.59. The second-order valence-electron chi connectivity index (χ2n) is 8.02. The molecule has 3 aromatic rings. The van der Waals surface area contributed by atoms with Crippen molar-refractivity contribution in [3.63, 3.8) is 0 Å². The Balaban J connectivity index is 1.80. The first-order valence-electron chi connectivity index (χ1n) is 10.7. The Bertz CT molecular complexity index is 1030. The Kier molecular flexibility index (Phi) is 8.06. The third kappa shape index (κ3) is 5.98. The molecule has 0 unspecified atom stereocenters. The number of nitrogens with zero attached hydrogens (tertiary/aromatic N) is 2. The normalized spacial score (nSPS) is 10.8. The summed E-state index contributed by atoms with van der Waals surface area (Å²) in [5, 5.41) is 2.05. The molecule has 6 heteroatoms. The molecule has 0 atom stereocenters. The Morgan fingerprint density at radius 1 is 0.969 bits per heavy atom. The molecule has 1 heterocycles. The molecular formula is C26H30N2O3S. The minimum atomic E-state index is -0.164. The average Bonchev–Trinajstić information content (AvgIpc) is 3.21. The molecule has 0 saturated heterocycles. The quantitative estimate of drug-likeness (QED) is 0.453. The molecule has 1 aromatic heterocycles. The molecule has 0 aliphatic rings. The maximum atomic E-state index is 13.5. The molecule has 0 aliphatic carbocycles. The lowest BCUT2D eigenvalue weighted by atomic mass is 10.1. The Labute approximate surface area is 194 Å². The van der Waals surface area contributed by atoms with Crippen molar-refractivity contribution in [2.45, 2.75) is 39.9 Å². The second kappa shape index (κ2) is 11.0. The first-order chi connectivity index (χ1) is 15.4. The maximum absolute atomic E-state index is 13.5. The van der Waals surface area contributed by atoms with E-state index in [1.54, 1.807) is 47.6 Å². The second-order valence-corrected chi connectivity index (χ2v) is 9.02. The van der Waals surface area contributed by atoms with Crippen molar-refractivity contribution in [3.8, 4) is 5.75 Å². The van der Waals surface area contributed by atoms with Crippen LogP contribution in [-0.2, 0) is 17.9 Å². The lowest BCUT2D eigenvalue weighted by Crippen LogP contribution is -2.45. The van der Waals surface area contributed by atoms with E-state index in [1.165, 1.54) is 5.56 Å². The molecule has 0 N–H and O–H groups in total. The first kappa shape index (κ1) is 23.5. The number of ether oxygens (including phenoxy) is 1. The molecule has 3 rings (SSSR count). The van der Waals surface area contributed by atoms with Gasteiger partial charge in [-0.2, -0.15) is 0 Å². The monoisotopic (exact) mass is 450 g/mol. The molecule has 0 spiro atoms. The minimum Gasteiger partial charge on any atom is -0.497 e. The van der Waals surface area contributed by atoms with Gasteiger partial charge in [-0.1, -0.05) is 30.3 Å². The number of rotatable bonds is 9. The maximum Gasteiger partial charge on any atom is 0.254 e. The number of aryl methyl sites for hydroxylation is 1. The fourth-order valence-electron chi connectivity index (χ4n) is 3.41. The summed E-state index contributed by atoms with van der Waals surface area (Å²) >= 11 is 1.65. The topological polar surface area (TPSA) is 49.9 Å². The van der Waals surface area contributed by atoms with Crippen LogP contribution in [0.15, 0.2) is 66.0 Å². The summed E-state index contributed by atoms with van der Waals surface area (Å²) < 4.78 is 5.18. The molecule has 0 radical (unpaired) electrons. The molecule has 0 bridgehead atoms. The van der Waals surface area contributed by atoms with Gasteiger partial charge in [-0.05, 0) is 67.6 Å². The van der Waals surface area contributed by atoms with Crippen LogP contribution in [0.1, 0.15) is 40.2 Å². The third-order valence-electron chi connectivity index (χ3n) is 5.40. The lowest BCUT2D eigenvalue weighted by molar-refractivity contribution is -0.133. The van der Waals surface area contributed by atoms with Crippen LogP contribution < -0.4 is 4.74 Å². The minimum absolute atomic E-state index is 0.0276. The molecule has 0 fully saturated rings. The van der Waals surface area contributed by atoms with Gasteiger partial charge in [0.15, 0.2) is 0 Å². The number of carbonyl (C=O) groups is 2. The average molecular weight is 451 g/mol. The highest BCUT2D eigenvalue weighted by molar-refractivity contribution is 7.10. The van der Waals surface area contributed by atoms with Crippen LogP contribution in [0.4, 0.5) is 0 Å². The fourth-order valence-corrected chi connectivity index (χ4v) is 4.33. The highest BCUT2D eigenvalue weighted by Crippen LogP contribution is 2.20. The zero-order chi connectivity index (χ0) is 23.1. The summed E-state index contributed by atoms with van der Waals surface area (Å²) in [6.45, 7) is 6.98. The molecule has 0 aliphatic heterocycles. The molecule has 2 aromatic carbocycles. The largest absolute Gasteiger partial charge is 0.497 e. The molecule has 32 heavy (non-hydrogen) atoms. The van der Waals surface area contributed by atoms with Crippen LogP contribution in [0.3, 0.4) is 0 Å². The fraction of sp³-hybridized carbons (Fsp3) is 0.308. The van der Waals surface area contributed by atoms with E-state index in [1.807, 2.05) is 54.5 Å². The first-order valence-corrected chi connectivity index (χ1v) is 11.6. The number of carbonyl (C=O) groups excluding carboxylic acids is 2. The summed E-state index contributed by atoms with van der Waals surface area (Å²) in [6.07, 6.45) is 0. The predicted octanol–water partition coefficient (Wildman–Crippen LogP) is 5.14. The number of methoxy groups -OCH3 is 1. The zero-order valence-electron chi connectivity index (χ0n) is 19.1. The van der Waals surface area contributed by atoms with E-state index in [0.29, 0.717) is 24.4 Å². The van der Waals surface area contributed by atoms with Gasteiger partial charge in [-0.15, -0.1) is 11.3 Å². The summed E-state index contributed by atoms with van der Waals surface area (Å²) in [5.74, 6) is 0.453. The number of benzene rings is 2. The molecule has 2 amide bonds. The number of hydrogen-bond acceptors (Lipinski definition) is 4. The van der Waals surface area contributed by atoms with E-state index in [2.05, 4.69) is 13.0 Å². The summed E-state index contributed by atoms with van der Waals surface area (Å²) in [4.78, 5) is 31.3. The van der Waals surface area contributed by atoms with Gasteiger partial charge < -0.3 is 14.5 Å². The van der Waals surface area contributed by atoms with Gasteiger partial charge in [0.1, 0.15) is 12.3 Å². The van der Waals surface area contributed by atoms with Crippen molar-refractivity contribution >= 4 is 23.2 Å². The van der Waals surface area contributed by atoms with Crippen molar-refractivity contribution in [1.82, 2.24) is 9.80 Å². The number of amides is 2. The smallest absolute Gasteiger partial charge is 0.254 e. The van der Waals surface area contributed by atoms with Gasteiger partial charge in [0.2, 0.25) is 5.91 Å². The van der Waals surface area contributed by atoms with Crippen molar-refractivity contribution in [1.29, 1.82) is 0 Å². The lowest BCUT2D eigenvalue weighted by Gasteiger charge is -2.30. The number of hydrogen-bond donors (Lipinski definition) is 0.